The topological polar surface area (TPSA) is 25.8 Å². The monoisotopic (exact) mass is 675 g/mol. The molecule has 0 unspecified atom stereocenters. The van der Waals surface area contributed by atoms with Gasteiger partial charge in [-0.2, -0.15) is 6.07 Å². The van der Waals surface area contributed by atoms with Crippen LogP contribution in [0.2, 0.25) is 0 Å². The fourth-order valence-corrected chi connectivity index (χ4v) is 5.06. The molecule has 1 aliphatic rings. The quantitative estimate of drug-likeness (QED) is 0.206. The zero-order valence-corrected chi connectivity index (χ0v) is 24.4. The van der Waals surface area contributed by atoms with E-state index in [-0.39, 0.29) is 37.5 Å². The summed E-state index contributed by atoms with van der Waals surface area (Å²) in [5.74, 6) is -1.27. The van der Waals surface area contributed by atoms with Crippen LogP contribution in [0.3, 0.4) is 0 Å². The number of nitrogens with zero attached hydrogens (tertiary/aromatic N) is 2. The van der Waals surface area contributed by atoms with Crippen LogP contribution in [-0.2, 0) is 37.3 Å². The third-order valence-corrected chi connectivity index (χ3v) is 7.43. The molecule has 0 amide bonds. The van der Waals surface area contributed by atoms with Gasteiger partial charge < -0.3 is 0 Å². The summed E-state index contributed by atoms with van der Waals surface area (Å²) >= 11 is 0. The van der Waals surface area contributed by atoms with Crippen molar-refractivity contribution in [1.82, 2.24) is 9.97 Å². The minimum Gasteiger partial charge on any atom is -0.294 e. The molecule has 0 spiro atoms. The summed E-state index contributed by atoms with van der Waals surface area (Å²) in [6.45, 7) is 14.7. The van der Waals surface area contributed by atoms with Crippen molar-refractivity contribution in [3.63, 3.8) is 0 Å². The number of aromatic nitrogens is 2. The molecule has 0 saturated carbocycles. The predicted octanol–water partition coefficient (Wildman–Crippen LogP) is 7.95. The van der Waals surface area contributed by atoms with E-state index in [0.717, 1.165) is 39.8 Å². The Hall–Kier alpha value is -2.71. The third kappa shape index (κ3) is 4.59. The van der Waals surface area contributed by atoms with Crippen LogP contribution in [-0.4, -0.2) is 9.97 Å². The number of hydrogen-bond acceptors (Lipinski definition) is 2. The molecule has 4 aromatic rings. The summed E-state index contributed by atoms with van der Waals surface area (Å²) in [5, 5.41) is 0. The normalized spacial score (nSPS) is 14.1. The molecular formula is C32H30F2N2Pt. The van der Waals surface area contributed by atoms with Gasteiger partial charge in [-0.3, -0.25) is 18.7 Å². The molecule has 0 fully saturated rings. The van der Waals surface area contributed by atoms with Gasteiger partial charge in [-0.15, -0.1) is 53.1 Å². The molecule has 0 N–H and O–H groups in total. The first-order valence-electron chi connectivity index (χ1n) is 12.2. The molecule has 0 radical (unpaired) electrons. The fourth-order valence-electron chi connectivity index (χ4n) is 5.06. The summed E-state index contributed by atoms with van der Waals surface area (Å²) in [4.78, 5) is 10.1. The van der Waals surface area contributed by atoms with Crippen molar-refractivity contribution in [3.05, 3.63) is 106 Å². The van der Waals surface area contributed by atoms with Crippen LogP contribution in [0, 0.1) is 23.8 Å². The number of halogens is 2. The van der Waals surface area contributed by atoms with E-state index in [1.165, 1.54) is 11.6 Å². The number of fused-ring (bicyclic) bond motifs is 3. The summed E-state index contributed by atoms with van der Waals surface area (Å²) in [7, 11) is 0. The standard InChI is InChI=1S/C32H30F2N2.Pt/c1-30(2,3)20-10-8-9-19(17-20)26-15-13-23-28(35-26)29-24(31(23,4)5)14-16-27(36-29)32(6,7)22-12-11-21(33)18-25(22)34;/h8,10-11,13-18H,1-7H3;/q-2;+2. The first-order valence-corrected chi connectivity index (χ1v) is 12.2. The molecule has 2 heterocycles. The van der Waals surface area contributed by atoms with Crippen LogP contribution in [0.4, 0.5) is 8.78 Å². The van der Waals surface area contributed by atoms with Crippen molar-refractivity contribution in [1.29, 1.82) is 0 Å². The van der Waals surface area contributed by atoms with Crippen molar-refractivity contribution < 1.29 is 29.8 Å². The maximum atomic E-state index is 14.7. The van der Waals surface area contributed by atoms with Gasteiger partial charge in [0.05, 0.1) is 11.4 Å². The molecule has 37 heavy (non-hydrogen) atoms. The van der Waals surface area contributed by atoms with Crippen LogP contribution in [0.15, 0.2) is 54.6 Å². The Morgan fingerprint density at radius 3 is 2.11 bits per heavy atom. The maximum Gasteiger partial charge on any atom is 2.00 e. The zero-order valence-electron chi connectivity index (χ0n) is 22.2. The first-order chi connectivity index (χ1) is 16.8. The SMILES string of the molecule is CC(C)(C)c1cc[c-]c(-c2ccc3c(n2)-c2nc(C(C)(C)c4[c-]cc(F)cc4F)ccc2C3(C)C)c1.[Pt+2]. The third-order valence-electron chi connectivity index (χ3n) is 7.43. The number of pyridine rings is 2. The number of hydrogen-bond donors (Lipinski definition) is 0. The van der Waals surface area contributed by atoms with Crippen molar-refractivity contribution in [2.75, 3.05) is 0 Å². The molecule has 0 saturated heterocycles. The van der Waals surface area contributed by atoms with E-state index in [4.69, 9.17) is 9.97 Å². The summed E-state index contributed by atoms with van der Waals surface area (Å²) in [5.41, 5.74) is 6.73. The molecule has 0 aliphatic heterocycles. The second-order valence-corrected chi connectivity index (χ2v) is 11.7. The Bertz CT molecular complexity index is 1500. The van der Waals surface area contributed by atoms with Crippen molar-refractivity contribution in [2.45, 2.75) is 64.7 Å². The maximum absolute atomic E-state index is 14.7. The van der Waals surface area contributed by atoms with E-state index in [2.05, 4.69) is 77.1 Å². The summed E-state index contributed by atoms with van der Waals surface area (Å²) in [6.07, 6.45) is 0. The Kier molecular flexibility index (Phi) is 6.82. The van der Waals surface area contributed by atoms with Gasteiger partial charge in [0.2, 0.25) is 0 Å². The molecule has 2 aromatic carbocycles. The van der Waals surface area contributed by atoms with E-state index < -0.39 is 17.0 Å². The van der Waals surface area contributed by atoms with Gasteiger partial charge in [0.25, 0.3) is 0 Å². The van der Waals surface area contributed by atoms with Crippen LogP contribution in [0.25, 0.3) is 22.6 Å². The largest absolute Gasteiger partial charge is 2.00 e. The van der Waals surface area contributed by atoms with Crippen LogP contribution in [0.5, 0.6) is 0 Å². The molecule has 0 bridgehead atoms. The van der Waals surface area contributed by atoms with E-state index in [9.17, 15) is 8.78 Å². The molecule has 192 valence electrons. The van der Waals surface area contributed by atoms with Gasteiger partial charge in [0, 0.05) is 28.2 Å². The average molecular weight is 676 g/mol. The van der Waals surface area contributed by atoms with E-state index in [1.54, 1.807) is 0 Å². The Balaban J connectivity index is 0.00000320. The average Bonchev–Trinajstić information content (AvgIpc) is 3.04. The van der Waals surface area contributed by atoms with Crippen molar-refractivity contribution in [3.8, 4) is 22.6 Å². The van der Waals surface area contributed by atoms with Crippen molar-refractivity contribution in [2.24, 2.45) is 0 Å². The Morgan fingerprint density at radius 1 is 0.811 bits per heavy atom. The van der Waals surface area contributed by atoms with Gasteiger partial charge in [0.15, 0.2) is 0 Å². The van der Waals surface area contributed by atoms with E-state index in [0.29, 0.717) is 5.69 Å². The van der Waals surface area contributed by atoms with Gasteiger partial charge in [0.1, 0.15) is 0 Å². The van der Waals surface area contributed by atoms with Crippen LogP contribution >= 0.6 is 0 Å². The molecule has 2 aromatic heterocycles. The minimum atomic E-state index is -0.813. The van der Waals surface area contributed by atoms with Crippen LogP contribution in [0.1, 0.15) is 76.4 Å². The fraction of sp³-hybridized carbons (Fsp3) is 0.312. The molecule has 0 atom stereocenters. The molecule has 2 nitrogen and oxygen atoms in total. The van der Waals surface area contributed by atoms with Crippen molar-refractivity contribution >= 4 is 0 Å². The molecule has 5 heteroatoms. The number of benzene rings is 2. The summed E-state index contributed by atoms with van der Waals surface area (Å²) < 4.78 is 28.2. The Morgan fingerprint density at radius 2 is 1.46 bits per heavy atom. The Labute approximate surface area is 232 Å². The second-order valence-electron chi connectivity index (χ2n) is 11.7. The zero-order chi connectivity index (χ0) is 26.0. The minimum absolute atomic E-state index is 0. The molecule has 5 rings (SSSR count). The van der Waals surface area contributed by atoms with Gasteiger partial charge >= 0.3 is 21.1 Å². The van der Waals surface area contributed by atoms with Crippen LogP contribution < -0.4 is 0 Å². The van der Waals surface area contributed by atoms with Gasteiger partial charge in [-0.1, -0.05) is 66.7 Å². The number of rotatable bonds is 3. The van der Waals surface area contributed by atoms with E-state index in [1.807, 2.05) is 26.0 Å². The smallest absolute Gasteiger partial charge is 0.294 e. The van der Waals surface area contributed by atoms with E-state index >= 15 is 0 Å². The second kappa shape index (κ2) is 9.24. The van der Waals surface area contributed by atoms with Gasteiger partial charge in [-0.05, 0) is 28.3 Å². The predicted molar refractivity (Wildman–Crippen MR) is 140 cm³/mol. The first kappa shape index (κ1) is 27.3. The molecule has 1 aliphatic carbocycles. The summed E-state index contributed by atoms with van der Waals surface area (Å²) in [6, 6.07) is 22.6. The molecular weight excluding hydrogens is 645 g/mol. The van der Waals surface area contributed by atoms with Gasteiger partial charge in [-0.25, -0.2) is 0 Å².